The SMILES string of the molecule is CCCCCc1ccc(C=O)c(C2CCCCC2)c1. The zero-order chi connectivity index (χ0) is 13.5. The summed E-state index contributed by atoms with van der Waals surface area (Å²) in [6.45, 7) is 2.24. The molecule has 0 aromatic heterocycles. The molecule has 1 saturated carbocycles. The first-order chi connectivity index (χ1) is 9.35. The molecule has 0 heterocycles. The number of rotatable bonds is 6. The van der Waals surface area contributed by atoms with E-state index in [4.69, 9.17) is 0 Å². The summed E-state index contributed by atoms with van der Waals surface area (Å²) >= 11 is 0. The fourth-order valence-corrected chi connectivity index (χ4v) is 3.23. The van der Waals surface area contributed by atoms with Crippen LogP contribution < -0.4 is 0 Å². The molecule has 0 atom stereocenters. The van der Waals surface area contributed by atoms with Gasteiger partial charge < -0.3 is 0 Å². The average Bonchev–Trinajstić information content (AvgIpc) is 2.48. The second kappa shape index (κ2) is 7.47. The third-order valence-electron chi connectivity index (χ3n) is 4.39. The van der Waals surface area contributed by atoms with Crippen molar-refractivity contribution in [3.05, 3.63) is 34.9 Å². The zero-order valence-corrected chi connectivity index (χ0v) is 12.2. The van der Waals surface area contributed by atoms with Crippen LogP contribution in [0, 0.1) is 0 Å². The van der Waals surface area contributed by atoms with Crippen molar-refractivity contribution in [1.82, 2.24) is 0 Å². The van der Waals surface area contributed by atoms with Gasteiger partial charge in [0, 0.05) is 5.56 Å². The first-order valence-electron chi connectivity index (χ1n) is 7.93. The zero-order valence-electron chi connectivity index (χ0n) is 12.2. The van der Waals surface area contributed by atoms with Crippen LogP contribution in [0.15, 0.2) is 18.2 Å². The molecule has 0 amide bonds. The van der Waals surface area contributed by atoms with Crippen molar-refractivity contribution in [2.75, 3.05) is 0 Å². The Morgan fingerprint density at radius 3 is 2.63 bits per heavy atom. The molecule has 0 spiro atoms. The van der Waals surface area contributed by atoms with Crippen molar-refractivity contribution in [3.63, 3.8) is 0 Å². The molecular weight excluding hydrogens is 232 g/mol. The van der Waals surface area contributed by atoms with Gasteiger partial charge in [-0.1, -0.05) is 57.2 Å². The molecule has 1 heteroatoms. The summed E-state index contributed by atoms with van der Waals surface area (Å²) < 4.78 is 0. The molecule has 1 aliphatic carbocycles. The predicted octanol–water partition coefficient (Wildman–Crippen LogP) is 5.28. The van der Waals surface area contributed by atoms with E-state index < -0.39 is 0 Å². The van der Waals surface area contributed by atoms with E-state index in [0.717, 1.165) is 18.3 Å². The van der Waals surface area contributed by atoms with Crippen LogP contribution in [0.5, 0.6) is 0 Å². The van der Waals surface area contributed by atoms with Crippen LogP contribution in [0.3, 0.4) is 0 Å². The number of hydrogen-bond donors (Lipinski definition) is 0. The lowest BCUT2D eigenvalue weighted by Crippen LogP contribution is -2.08. The molecular formula is C18H26O. The summed E-state index contributed by atoms with van der Waals surface area (Å²) in [6.07, 6.45) is 12.6. The smallest absolute Gasteiger partial charge is 0.150 e. The molecule has 1 nitrogen and oxygen atoms in total. The number of benzene rings is 1. The third-order valence-corrected chi connectivity index (χ3v) is 4.39. The average molecular weight is 258 g/mol. The molecule has 104 valence electrons. The van der Waals surface area contributed by atoms with Crippen molar-refractivity contribution in [3.8, 4) is 0 Å². The number of unbranched alkanes of at least 4 members (excludes halogenated alkanes) is 2. The van der Waals surface area contributed by atoms with Gasteiger partial charge in [-0.05, 0) is 42.7 Å². The molecule has 0 unspecified atom stereocenters. The van der Waals surface area contributed by atoms with E-state index in [1.165, 1.54) is 62.5 Å². The maximum atomic E-state index is 11.2. The second-order valence-electron chi connectivity index (χ2n) is 5.87. The summed E-state index contributed by atoms with van der Waals surface area (Å²) in [7, 11) is 0. The van der Waals surface area contributed by atoms with Crippen LogP contribution in [0.2, 0.25) is 0 Å². The van der Waals surface area contributed by atoms with E-state index in [2.05, 4.69) is 19.1 Å². The Labute approximate surface area is 117 Å². The largest absolute Gasteiger partial charge is 0.298 e. The van der Waals surface area contributed by atoms with E-state index in [1.807, 2.05) is 6.07 Å². The lowest BCUT2D eigenvalue weighted by Gasteiger charge is -2.23. The van der Waals surface area contributed by atoms with Crippen molar-refractivity contribution in [2.45, 2.75) is 70.6 Å². The van der Waals surface area contributed by atoms with Gasteiger partial charge in [0.1, 0.15) is 6.29 Å². The van der Waals surface area contributed by atoms with Crippen LogP contribution >= 0.6 is 0 Å². The first-order valence-corrected chi connectivity index (χ1v) is 7.93. The normalized spacial score (nSPS) is 16.5. The van der Waals surface area contributed by atoms with E-state index in [1.54, 1.807) is 0 Å². The molecule has 2 rings (SSSR count). The number of hydrogen-bond acceptors (Lipinski definition) is 1. The Kier molecular flexibility index (Phi) is 5.62. The number of aldehydes is 1. The minimum Gasteiger partial charge on any atom is -0.298 e. The number of aryl methyl sites for hydroxylation is 1. The third kappa shape index (κ3) is 3.92. The highest BCUT2D eigenvalue weighted by molar-refractivity contribution is 5.77. The van der Waals surface area contributed by atoms with Gasteiger partial charge in [-0.15, -0.1) is 0 Å². The lowest BCUT2D eigenvalue weighted by atomic mass is 9.81. The molecule has 0 aliphatic heterocycles. The van der Waals surface area contributed by atoms with Gasteiger partial charge >= 0.3 is 0 Å². The van der Waals surface area contributed by atoms with Crippen molar-refractivity contribution < 1.29 is 4.79 Å². The Bertz CT molecular complexity index is 402. The van der Waals surface area contributed by atoms with Crippen molar-refractivity contribution in [2.24, 2.45) is 0 Å². The van der Waals surface area contributed by atoms with Gasteiger partial charge in [0.2, 0.25) is 0 Å². The summed E-state index contributed by atoms with van der Waals surface area (Å²) in [5, 5.41) is 0. The highest BCUT2D eigenvalue weighted by Gasteiger charge is 2.18. The maximum Gasteiger partial charge on any atom is 0.150 e. The Morgan fingerprint density at radius 2 is 1.95 bits per heavy atom. The van der Waals surface area contributed by atoms with Crippen LogP contribution in [-0.4, -0.2) is 6.29 Å². The molecule has 0 radical (unpaired) electrons. The quantitative estimate of drug-likeness (QED) is 0.501. The van der Waals surface area contributed by atoms with Gasteiger partial charge in [0.05, 0.1) is 0 Å². The van der Waals surface area contributed by atoms with E-state index in [9.17, 15) is 4.79 Å². The fourth-order valence-electron chi connectivity index (χ4n) is 3.23. The summed E-state index contributed by atoms with van der Waals surface area (Å²) in [5.74, 6) is 0.625. The minimum absolute atomic E-state index is 0.625. The maximum absolute atomic E-state index is 11.2. The highest BCUT2D eigenvalue weighted by atomic mass is 16.1. The lowest BCUT2D eigenvalue weighted by molar-refractivity contribution is 0.112. The molecule has 0 N–H and O–H groups in total. The molecule has 1 aromatic carbocycles. The monoisotopic (exact) mass is 258 g/mol. The Morgan fingerprint density at radius 1 is 1.16 bits per heavy atom. The van der Waals surface area contributed by atoms with Crippen LogP contribution in [0.25, 0.3) is 0 Å². The Balaban J connectivity index is 2.13. The summed E-state index contributed by atoms with van der Waals surface area (Å²) in [4.78, 5) is 11.2. The topological polar surface area (TPSA) is 17.1 Å². The highest BCUT2D eigenvalue weighted by Crippen LogP contribution is 2.34. The van der Waals surface area contributed by atoms with Crippen molar-refractivity contribution in [1.29, 1.82) is 0 Å². The molecule has 1 aliphatic rings. The van der Waals surface area contributed by atoms with E-state index in [0.29, 0.717) is 5.92 Å². The molecule has 1 fully saturated rings. The minimum atomic E-state index is 0.625. The van der Waals surface area contributed by atoms with Crippen LogP contribution in [0.1, 0.15) is 85.7 Å². The summed E-state index contributed by atoms with van der Waals surface area (Å²) in [6, 6.07) is 6.50. The summed E-state index contributed by atoms with van der Waals surface area (Å²) in [5.41, 5.74) is 3.66. The molecule has 1 aromatic rings. The van der Waals surface area contributed by atoms with Crippen LogP contribution in [-0.2, 0) is 6.42 Å². The number of carbonyl (C=O) groups excluding carboxylic acids is 1. The second-order valence-corrected chi connectivity index (χ2v) is 5.87. The first kappa shape index (κ1) is 14.3. The van der Waals surface area contributed by atoms with E-state index in [-0.39, 0.29) is 0 Å². The molecule has 0 saturated heterocycles. The van der Waals surface area contributed by atoms with Gasteiger partial charge in [-0.3, -0.25) is 4.79 Å². The standard InChI is InChI=1S/C18H26O/c1-2-3-5-8-15-11-12-17(14-19)18(13-15)16-9-6-4-7-10-16/h11-14,16H,2-10H2,1H3. The van der Waals surface area contributed by atoms with Crippen LogP contribution in [0.4, 0.5) is 0 Å². The number of carbonyl (C=O) groups is 1. The van der Waals surface area contributed by atoms with Gasteiger partial charge in [0.15, 0.2) is 0 Å². The molecule has 0 bridgehead atoms. The predicted molar refractivity (Wildman–Crippen MR) is 80.9 cm³/mol. The van der Waals surface area contributed by atoms with Gasteiger partial charge in [-0.2, -0.15) is 0 Å². The Hall–Kier alpha value is -1.11. The van der Waals surface area contributed by atoms with Gasteiger partial charge in [-0.25, -0.2) is 0 Å². The fraction of sp³-hybridized carbons (Fsp3) is 0.611. The van der Waals surface area contributed by atoms with Crippen molar-refractivity contribution >= 4 is 6.29 Å². The van der Waals surface area contributed by atoms with Gasteiger partial charge in [0.25, 0.3) is 0 Å². The molecule has 19 heavy (non-hydrogen) atoms. The van der Waals surface area contributed by atoms with E-state index >= 15 is 0 Å².